The number of nitrogens with one attached hydrogen (secondary N) is 2. The fraction of sp³-hybridized carbons (Fsp3) is 0.190. The second-order valence-electron chi connectivity index (χ2n) is 6.26. The van der Waals surface area contributed by atoms with Crippen molar-refractivity contribution in [3.05, 3.63) is 65.7 Å². The van der Waals surface area contributed by atoms with E-state index in [1.807, 2.05) is 31.2 Å². The van der Waals surface area contributed by atoms with Gasteiger partial charge in [0.05, 0.1) is 0 Å². The highest BCUT2D eigenvalue weighted by atomic mass is 16.6. The molecule has 0 aromatic heterocycles. The SMILES string of the molecule is Cc1cccc(/C=C/C(=O)OCC(=O)NNC(=O)[C@@H]2COc3ccccc3O2)c1. The van der Waals surface area contributed by atoms with Crippen molar-refractivity contribution in [1.82, 2.24) is 10.9 Å². The second-order valence-corrected chi connectivity index (χ2v) is 6.26. The zero-order chi connectivity index (χ0) is 20.6. The molecule has 0 radical (unpaired) electrons. The number of fused-ring (bicyclic) bond motifs is 1. The van der Waals surface area contributed by atoms with E-state index in [4.69, 9.17) is 14.2 Å². The van der Waals surface area contributed by atoms with E-state index in [1.165, 1.54) is 6.08 Å². The highest BCUT2D eigenvalue weighted by Gasteiger charge is 2.27. The molecule has 29 heavy (non-hydrogen) atoms. The van der Waals surface area contributed by atoms with Crippen molar-refractivity contribution in [2.45, 2.75) is 13.0 Å². The average molecular weight is 396 g/mol. The third-order valence-electron chi connectivity index (χ3n) is 3.93. The summed E-state index contributed by atoms with van der Waals surface area (Å²) < 4.78 is 15.8. The van der Waals surface area contributed by atoms with Gasteiger partial charge >= 0.3 is 5.97 Å². The van der Waals surface area contributed by atoms with Crippen LogP contribution >= 0.6 is 0 Å². The number of hydrogen-bond acceptors (Lipinski definition) is 6. The molecule has 0 spiro atoms. The lowest BCUT2D eigenvalue weighted by atomic mass is 10.1. The minimum Gasteiger partial charge on any atom is -0.485 e. The predicted octanol–water partition coefficient (Wildman–Crippen LogP) is 1.54. The van der Waals surface area contributed by atoms with E-state index in [9.17, 15) is 14.4 Å². The van der Waals surface area contributed by atoms with Gasteiger partial charge in [0.25, 0.3) is 11.8 Å². The minimum absolute atomic E-state index is 0.0114. The number of esters is 1. The van der Waals surface area contributed by atoms with Gasteiger partial charge in [-0.15, -0.1) is 0 Å². The summed E-state index contributed by atoms with van der Waals surface area (Å²) in [5, 5.41) is 0. The first-order chi connectivity index (χ1) is 14.0. The van der Waals surface area contributed by atoms with Gasteiger partial charge in [0.2, 0.25) is 6.10 Å². The van der Waals surface area contributed by atoms with Gasteiger partial charge in [-0.05, 0) is 30.7 Å². The summed E-state index contributed by atoms with van der Waals surface area (Å²) in [5.74, 6) is -0.953. The summed E-state index contributed by atoms with van der Waals surface area (Å²) >= 11 is 0. The van der Waals surface area contributed by atoms with Crippen molar-refractivity contribution in [2.24, 2.45) is 0 Å². The van der Waals surface area contributed by atoms with Crippen LogP contribution in [-0.4, -0.2) is 37.1 Å². The molecule has 0 saturated carbocycles. The number of benzene rings is 2. The van der Waals surface area contributed by atoms with E-state index in [1.54, 1.807) is 30.3 Å². The molecule has 0 saturated heterocycles. The van der Waals surface area contributed by atoms with E-state index < -0.39 is 30.5 Å². The Hall–Kier alpha value is -3.81. The summed E-state index contributed by atoms with van der Waals surface area (Å²) in [6.07, 6.45) is 1.91. The molecule has 1 heterocycles. The molecule has 8 nitrogen and oxygen atoms in total. The lowest BCUT2D eigenvalue weighted by molar-refractivity contribution is -0.145. The molecule has 8 heteroatoms. The second kappa shape index (κ2) is 9.41. The van der Waals surface area contributed by atoms with E-state index in [0.717, 1.165) is 11.1 Å². The lowest BCUT2D eigenvalue weighted by Crippen LogP contribution is -2.51. The van der Waals surface area contributed by atoms with Gasteiger partial charge in [-0.1, -0.05) is 42.0 Å². The van der Waals surface area contributed by atoms with Crippen LogP contribution in [0.5, 0.6) is 11.5 Å². The number of hydrazine groups is 1. The number of carbonyl (C=O) groups excluding carboxylic acids is 3. The molecule has 2 amide bonds. The van der Waals surface area contributed by atoms with Gasteiger partial charge < -0.3 is 14.2 Å². The molecule has 0 fully saturated rings. The fourth-order valence-corrected chi connectivity index (χ4v) is 2.52. The van der Waals surface area contributed by atoms with Crippen LogP contribution < -0.4 is 20.3 Å². The largest absolute Gasteiger partial charge is 0.485 e. The summed E-state index contributed by atoms with van der Waals surface area (Å²) in [4.78, 5) is 35.5. The molecule has 1 aliphatic rings. The molecule has 1 atom stereocenters. The fourth-order valence-electron chi connectivity index (χ4n) is 2.52. The topological polar surface area (TPSA) is 103 Å². The van der Waals surface area contributed by atoms with Crippen molar-refractivity contribution >= 4 is 23.9 Å². The van der Waals surface area contributed by atoms with Crippen LogP contribution in [0.15, 0.2) is 54.6 Å². The molecule has 0 aliphatic carbocycles. The molecular weight excluding hydrogens is 376 g/mol. The molecule has 2 aromatic rings. The summed E-state index contributed by atoms with van der Waals surface area (Å²) in [5.41, 5.74) is 6.29. The zero-order valence-electron chi connectivity index (χ0n) is 15.7. The van der Waals surface area contributed by atoms with Crippen LogP contribution in [0.1, 0.15) is 11.1 Å². The van der Waals surface area contributed by atoms with Crippen molar-refractivity contribution in [3.63, 3.8) is 0 Å². The van der Waals surface area contributed by atoms with Crippen LogP contribution in [0.3, 0.4) is 0 Å². The number of ether oxygens (including phenoxy) is 3. The normalized spacial score (nSPS) is 14.9. The van der Waals surface area contributed by atoms with Crippen LogP contribution in [-0.2, 0) is 19.1 Å². The average Bonchev–Trinajstić information content (AvgIpc) is 2.74. The first-order valence-corrected chi connectivity index (χ1v) is 8.90. The lowest BCUT2D eigenvalue weighted by Gasteiger charge is -2.25. The Morgan fingerprint density at radius 2 is 1.90 bits per heavy atom. The third kappa shape index (κ3) is 5.83. The van der Waals surface area contributed by atoms with Crippen LogP contribution in [0, 0.1) is 6.92 Å². The van der Waals surface area contributed by atoms with Crippen molar-refractivity contribution in [3.8, 4) is 11.5 Å². The standard InChI is InChI=1S/C21H20N2O6/c1-14-5-4-6-15(11-14)9-10-20(25)28-13-19(24)22-23-21(26)18-12-27-16-7-2-3-8-17(16)29-18/h2-11,18H,12-13H2,1H3,(H,22,24)(H,23,26)/b10-9+/t18-/m0/s1. The van der Waals surface area contributed by atoms with E-state index in [0.29, 0.717) is 11.5 Å². The van der Waals surface area contributed by atoms with Crippen LogP contribution in [0.25, 0.3) is 6.08 Å². The molecule has 0 unspecified atom stereocenters. The van der Waals surface area contributed by atoms with Gasteiger partial charge in [-0.25, -0.2) is 4.79 Å². The van der Waals surface area contributed by atoms with Gasteiger partial charge in [-0.3, -0.25) is 20.4 Å². The Labute approximate surface area is 167 Å². The first-order valence-electron chi connectivity index (χ1n) is 8.90. The molecule has 2 N–H and O–H groups in total. The molecule has 2 aromatic carbocycles. The van der Waals surface area contributed by atoms with Gasteiger partial charge in [0.15, 0.2) is 18.1 Å². The number of amides is 2. The summed E-state index contributed by atoms with van der Waals surface area (Å²) in [6.45, 7) is 1.41. The number of hydrogen-bond donors (Lipinski definition) is 2. The van der Waals surface area contributed by atoms with E-state index in [-0.39, 0.29) is 6.61 Å². The Kier molecular flexibility index (Phi) is 6.47. The van der Waals surface area contributed by atoms with Gasteiger partial charge in [0.1, 0.15) is 6.61 Å². The summed E-state index contributed by atoms with van der Waals surface area (Å²) in [7, 11) is 0. The molecular formula is C21H20N2O6. The number of carbonyl (C=O) groups is 3. The number of aryl methyl sites for hydroxylation is 1. The highest BCUT2D eigenvalue weighted by molar-refractivity contribution is 5.90. The molecule has 0 bridgehead atoms. The monoisotopic (exact) mass is 396 g/mol. The maximum Gasteiger partial charge on any atom is 0.331 e. The Morgan fingerprint density at radius 3 is 2.69 bits per heavy atom. The molecule has 3 rings (SSSR count). The zero-order valence-corrected chi connectivity index (χ0v) is 15.7. The first kappa shape index (κ1) is 19.9. The number of rotatable bonds is 5. The van der Waals surface area contributed by atoms with E-state index >= 15 is 0 Å². The third-order valence-corrected chi connectivity index (χ3v) is 3.93. The predicted molar refractivity (Wildman–Crippen MR) is 104 cm³/mol. The van der Waals surface area contributed by atoms with Crippen molar-refractivity contribution < 1.29 is 28.6 Å². The van der Waals surface area contributed by atoms with Gasteiger partial charge in [0, 0.05) is 6.08 Å². The summed E-state index contributed by atoms with van der Waals surface area (Å²) in [6, 6.07) is 14.5. The molecule has 1 aliphatic heterocycles. The Balaban J connectivity index is 1.38. The van der Waals surface area contributed by atoms with E-state index in [2.05, 4.69) is 10.9 Å². The smallest absolute Gasteiger partial charge is 0.331 e. The van der Waals surface area contributed by atoms with Crippen LogP contribution in [0.2, 0.25) is 0 Å². The highest BCUT2D eigenvalue weighted by Crippen LogP contribution is 2.30. The minimum atomic E-state index is -0.912. The Morgan fingerprint density at radius 1 is 1.10 bits per heavy atom. The maximum atomic E-state index is 12.1. The van der Waals surface area contributed by atoms with Crippen molar-refractivity contribution in [1.29, 1.82) is 0 Å². The maximum absolute atomic E-state index is 12.1. The van der Waals surface area contributed by atoms with Gasteiger partial charge in [-0.2, -0.15) is 0 Å². The quantitative estimate of drug-likeness (QED) is 0.452. The van der Waals surface area contributed by atoms with Crippen LogP contribution in [0.4, 0.5) is 0 Å². The Bertz CT molecular complexity index is 940. The number of para-hydroxylation sites is 2. The molecule has 150 valence electrons. The van der Waals surface area contributed by atoms with Crippen molar-refractivity contribution in [2.75, 3.05) is 13.2 Å².